The van der Waals surface area contributed by atoms with Crippen molar-refractivity contribution in [2.45, 2.75) is 19.6 Å². The van der Waals surface area contributed by atoms with E-state index >= 15 is 0 Å². The summed E-state index contributed by atoms with van der Waals surface area (Å²) in [5.74, 6) is -0.466. The van der Waals surface area contributed by atoms with Crippen LogP contribution in [-0.2, 0) is 17.5 Å². The summed E-state index contributed by atoms with van der Waals surface area (Å²) in [6, 6.07) is 10.7. The van der Waals surface area contributed by atoms with E-state index in [0.717, 1.165) is 34.3 Å². The van der Waals surface area contributed by atoms with Crippen molar-refractivity contribution in [1.82, 2.24) is 29.9 Å². The number of nitrogens with one attached hydrogen (secondary N) is 2. The maximum atomic E-state index is 13.8. The Labute approximate surface area is 245 Å². The van der Waals surface area contributed by atoms with Gasteiger partial charge in [-0.1, -0.05) is 11.3 Å². The van der Waals surface area contributed by atoms with Crippen molar-refractivity contribution >= 4 is 22.6 Å². The van der Waals surface area contributed by atoms with Gasteiger partial charge < -0.3 is 19.8 Å². The van der Waals surface area contributed by atoms with E-state index in [-0.39, 0.29) is 29.1 Å². The van der Waals surface area contributed by atoms with Crippen LogP contribution in [0.5, 0.6) is 5.75 Å². The highest BCUT2D eigenvalue weighted by atomic mass is 19.4. The molecule has 0 aliphatic carbocycles. The van der Waals surface area contributed by atoms with Crippen molar-refractivity contribution in [2.75, 3.05) is 39.7 Å². The third-order valence-corrected chi connectivity index (χ3v) is 6.97. The van der Waals surface area contributed by atoms with Crippen LogP contribution in [0.15, 0.2) is 61.1 Å². The number of nitrogens with zero attached hydrogens (tertiary/aromatic N) is 5. The lowest BCUT2D eigenvalue weighted by Crippen LogP contribution is -2.23. The number of likely N-dealkylation sites (N-methyl/N-ethyl adjacent to an activating group) is 1. The van der Waals surface area contributed by atoms with Crippen molar-refractivity contribution in [3.63, 3.8) is 0 Å². The Morgan fingerprint density at radius 3 is 2.70 bits per heavy atom. The summed E-state index contributed by atoms with van der Waals surface area (Å²) in [5, 5.41) is 12.1. The highest BCUT2D eigenvalue weighted by molar-refractivity contribution is 6.05. The molecule has 0 aliphatic rings. The molecule has 0 aliphatic heterocycles. The van der Waals surface area contributed by atoms with E-state index < -0.39 is 17.6 Å². The second kappa shape index (κ2) is 12.2. The Morgan fingerprint density at radius 1 is 1.14 bits per heavy atom. The Kier molecular flexibility index (Phi) is 8.46. The van der Waals surface area contributed by atoms with Gasteiger partial charge in [0, 0.05) is 54.7 Å². The summed E-state index contributed by atoms with van der Waals surface area (Å²) >= 11 is 0. The molecule has 2 aromatic carbocycles. The molecule has 0 radical (unpaired) electrons. The Hall–Kier alpha value is -4.75. The first kappa shape index (κ1) is 29.7. The van der Waals surface area contributed by atoms with Crippen LogP contribution in [0.3, 0.4) is 0 Å². The Morgan fingerprint density at radius 2 is 1.95 bits per heavy atom. The molecule has 10 nitrogen and oxygen atoms in total. The summed E-state index contributed by atoms with van der Waals surface area (Å²) in [6.45, 7) is 2.90. The normalized spacial score (nSPS) is 11.8. The molecule has 0 bridgehead atoms. The van der Waals surface area contributed by atoms with Gasteiger partial charge in [0.25, 0.3) is 5.91 Å². The lowest BCUT2D eigenvalue weighted by atomic mass is 10.1. The van der Waals surface area contributed by atoms with Crippen molar-refractivity contribution in [3.05, 3.63) is 83.3 Å². The number of methoxy groups -OCH3 is 2. The van der Waals surface area contributed by atoms with Gasteiger partial charge in [0.15, 0.2) is 0 Å². The summed E-state index contributed by atoms with van der Waals surface area (Å²) in [4.78, 5) is 22.6. The minimum atomic E-state index is -4.63. The number of hydrogen-bond donors (Lipinski definition) is 2. The number of carbonyl (C=O) groups excluding carboxylic acids is 1. The number of amides is 1. The molecule has 0 fully saturated rings. The monoisotopic (exact) mass is 593 g/mol. The molecule has 3 heterocycles. The maximum Gasteiger partial charge on any atom is 0.416 e. The summed E-state index contributed by atoms with van der Waals surface area (Å²) in [5.41, 5.74) is 3.01. The highest BCUT2D eigenvalue weighted by Crippen LogP contribution is 2.38. The molecule has 5 rings (SSSR count). The van der Waals surface area contributed by atoms with Crippen LogP contribution in [0, 0.1) is 6.92 Å². The Bertz CT molecular complexity index is 1760. The molecular formula is C30H30F3N7O3. The predicted molar refractivity (Wildman–Crippen MR) is 155 cm³/mol. The first-order valence-corrected chi connectivity index (χ1v) is 13.3. The van der Waals surface area contributed by atoms with Gasteiger partial charge in [0.1, 0.15) is 17.1 Å². The van der Waals surface area contributed by atoms with Crippen LogP contribution in [0.2, 0.25) is 0 Å². The smallest absolute Gasteiger partial charge is 0.416 e. The summed E-state index contributed by atoms with van der Waals surface area (Å²) < 4.78 is 53.6. The molecule has 224 valence electrons. The van der Waals surface area contributed by atoms with E-state index in [1.807, 2.05) is 19.1 Å². The number of fused-ring (bicyclic) bond motifs is 1. The maximum absolute atomic E-state index is 13.8. The molecule has 0 atom stereocenters. The molecule has 2 N–H and O–H groups in total. The zero-order valence-corrected chi connectivity index (χ0v) is 24.0. The van der Waals surface area contributed by atoms with Gasteiger partial charge >= 0.3 is 6.18 Å². The van der Waals surface area contributed by atoms with Crippen LogP contribution < -0.4 is 10.1 Å². The molecule has 5 aromatic rings. The number of halogens is 3. The second-order valence-corrected chi connectivity index (χ2v) is 10.1. The zero-order valence-electron chi connectivity index (χ0n) is 24.0. The van der Waals surface area contributed by atoms with Crippen molar-refractivity contribution in [3.8, 4) is 22.7 Å². The van der Waals surface area contributed by atoms with Crippen LogP contribution in [0.25, 0.3) is 28.0 Å². The molecule has 3 aromatic heterocycles. The highest BCUT2D eigenvalue weighted by Gasteiger charge is 2.33. The molecule has 13 heteroatoms. The zero-order chi connectivity index (χ0) is 30.7. The standard InChI is InChI=1S/C30H30F3N7O3/c1-18-5-6-20(13-26(18)40-17-25(37-38-40)21-11-19-7-8-34-28(19)35-15-21)29(41)36-24-14-23(30(31,32)33)12-22(27(24)43-4)16-39(2)9-10-42-3/h5-8,11-15,17H,9-10,16H2,1-4H3,(H,34,35)(H,36,41). The number of alkyl halides is 3. The first-order chi connectivity index (χ1) is 20.6. The van der Waals surface area contributed by atoms with E-state index in [2.05, 4.69) is 25.6 Å². The van der Waals surface area contributed by atoms with Crippen LogP contribution in [0.4, 0.5) is 18.9 Å². The number of pyridine rings is 1. The minimum Gasteiger partial charge on any atom is -0.494 e. The fourth-order valence-corrected chi connectivity index (χ4v) is 4.71. The molecule has 0 saturated carbocycles. The first-order valence-electron chi connectivity index (χ1n) is 13.3. The molecule has 0 unspecified atom stereocenters. The van der Waals surface area contributed by atoms with Gasteiger partial charge in [0.2, 0.25) is 0 Å². The molecule has 1 amide bonds. The quantitative estimate of drug-likeness (QED) is 0.221. The van der Waals surface area contributed by atoms with Gasteiger partial charge in [-0.3, -0.25) is 9.69 Å². The number of aromatic amines is 1. The molecule has 43 heavy (non-hydrogen) atoms. The van der Waals surface area contributed by atoms with E-state index in [0.29, 0.717) is 24.5 Å². The number of ether oxygens (including phenoxy) is 2. The van der Waals surface area contributed by atoms with Crippen molar-refractivity contribution in [2.24, 2.45) is 0 Å². The van der Waals surface area contributed by atoms with Crippen LogP contribution >= 0.6 is 0 Å². The molecule has 0 spiro atoms. The molecule has 0 saturated heterocycles. The van der Waals surface area contributed by atoms with Gasteiger partial charge in [-0.05, 0) is 55.9 Å². The van der Waals surface area contributed by atoms with Crippen molar-refractivity contribution in [1.29, 1.82) is 0 Å². The number of carbonyl (C=O) groups is 1. The fraction of sp³-hybridized carbons (Fsp3) is 0.267. The second-order valence-electron chi connectivity index (χ2n) is 10.1. The van der Waals surface area contributed by atoms with Crippen LogP contribution in [0.1, 0.15) is 27.0 Å². The topological polar surface area (TPSA) is 110 Å². The number of H-pyrrole nitrogens is 1. The largest absolute Gasteiger partial charge is 0.494 e. The van der Waals surface area contributed by atoms with Gasteiger partial charge in [-0.25, -0.2) is 9.67 Å². The summed E-state index contributed by atoms with van der Waals surface area (Å²) in [7, 11) is 4.66. The summed E-state index contributed by atoms with van der Waals surface area (Å²) in [6.07, 6.45) is 0.585. The van der Waals surface area contributed by atoms with E-state index in [1.54, 1.807) is 60.5 Å². The number of rotatable bonds is 10. The average Bonchev–Trinajstić information content (AvgIpc) is 3.65. The number of hydrogen-bond acceptors (Lipinski definition) is 7. The van der Waals surface area contributed by atoms with Crippen LogP contribution in [-0.4, -0.2) is 70.2 Å². The third-order valence-electron chi connectivity index (χ3n) is 6.97. The van der Waals surface area contributed by atoms with E-state index in [1.165, 1.54) is 7.11 Å². The lowest BCUT2D eigenvalue weighted by Gasteiger charge is -2.22. The van der Waals surface area contributed by atoms with Crippen molar-refractivity contribution < 1.29 is 27.4 Å². The van der Waals surface area contributed by atoms with Gasteiger partial charge in [-0.2, -0.15) is 13.2 Å². The lowest BCUT2D eigenvalue weighted by molar-refractivity contribution is -0.137. The SMILES string of the molecule is COCCN(C)Cc1cc(C(F)(F)F)cc(NC(=O)c2ccc(C)c(-n3cc(-c4cnc5[nH]ccc5c4)nn3)c2)c1OC. The average molecular weight is 594 g/mol. The fourth-order valence-electron chi connectivity index (χ4n) is 4.71. The number of benzene rings is 2. The Balaban J connectivity index is 1.44. The van der Waals surface area contributed by atoms with E-state index in [9.17, 15) is 18.0 Å². The predicted octanol–water partition coefficient (Wildman–Crippen LogP) is 5.48. The van der Waals surface area contributed by atoms with Gasteiger partial charge in [-0.15, -0.1) is 5.10 Å². The number of anilines is 1. The number of aromatic nitrogens is 5. The minimum absolute atomic E-state index is 0.0877. The number of aryl methyl sites for hydroxylation is 1. The third kappa shape index (κ3) is 6.52. The molecular weight excluding hydrogens is 563 g/mol. The van der Waals surface area contributed by atoms with Gasteiger partial charge in [0.05, 0.1) is 36.9 Å². The van der Waals surface area contributed by atoms with E-state index in [4.69, 9.17) is 9.47 Å².